The largest absolute Gasteiger partial charge is 0.311 e. The first kappa shape index (κ1) is 7.37. The summed E-state index contributed by atoms with van der Waals surface area (Å²) in [5, 5.41) is 3.85. The Bertz CT molecular complexity index is 179. The summed E-state index contributed by atoms with van der Waals surface area (Å²) in [6.07, 6.45) is 11.9. The minimum absolute atomic E-state index is 0.806. The predicted molar refractivity (Wildman–Crippen MR) is 50.1 cm³/mol. The molecule has 3 fully saturated rings. The van der Waals surface area contributed by atoms with Gasteiger partial charge in [-0.1, -0.05) is 12.8 Å². The van der Waals surface area contributed by atoms with Crippen LogP contribution in [0.2, 0.25) is 0 Å². The summed E-state index contributed by atoms with van der Waals surface area (Å²) in [6, 6.07) is 1.84. The fraction of sp³-hybridized carbons (Fsp3) is 1.00. The smallest absolute Gasteiger partial charge is 0.0126 e. The zero-order valence-corrected chi connectivity index (χ0v) is 7.81. The number of hydrogen-bond donors (Lipinski definition) is 1. The minimum Gasteiger partial charge on any atom is -0.311 e. The van der Waals surface area contributed by atoms with E-state index in [0.29, 0.717) is 0 Å². The third-order valence-corrected chi connectivity index (χ3v) is 4.06. The van der Waals surface area contributed by atoms with Gasteiger partial charge in [0.1, 0.15) is 0 Å². The van der Waals surface area contributed by atoms with Crippen molar-refractivity contribution >= 4 is 0 Å². The van der Waals surface area contributed by atoms with E-state index in [1.165, 1.54) is 51.4 Å². The molecule has 3 aliphatic rings. The summed E-state index contributed by atoms with van der Waals surface area (Å²) in [4.78, 5) is 0. The molecule has 0 aromatic carbocycles. The Labute approximate surface area is 74.9 Å². The normalized spacial score (nSPS) is 38.5. The Hall–Kier alpha value is -0.0400. The van der Waals surface area contributed by atoms with Crippen molar-refractivity contribution in [3.8, 4) is 0 Å². The molecule has 0 radical (unpaired) electrons. The molecule has 0 aromatic rings. The van der Waals surface area contributed by atoms with Gasteiger partial charge in [-0.2, -0.15) is 0 Å². The maximum atomic E-state index is 3.85. The maximum absolute atomic E-state index is 3.85. The summed E-state index contributed by atoms with van der Waals surface area (Å²) in [5.41, 5.74) is 0.806. The first-order chi connectivity index (χ1) is 5.89. The van der Waals surface area contributed by atoms with E-state index >= 15 is 0 Å². The Kier molecular flexibility index (Phi) is 1.52. The van der Waals surface area contributed by atoms with Crippen LogP contribution < -0.4 is 5.32 Å². The molecule has 1 nitrogen and oxygen atoms in total. The van der Waals surface area contributed by atoms with Crippen LogP contribution >= 0.6 is 0 Å². The molecule has 1 atom stereocenters. The molecule has 0 saturated heterocycles. The van der Waals surface area contributed by atoms with E-state index < -0.39 is 0 Å². The van der Waals surface area contributed by atoms with Gasteiger partial charge in [-0.3, -0.25) is 0 Å². The van der Waals surface area contributed by atoms with Gasteiger partial charge in [-0.15, -0.1) is 0 Å². The summed E-state index contributed by atoms with van der Waals surface area (Å²) in [5.74, 6) is 0. The van der Waals surface area contributed by atoms with Crippen molar-refractivity contribution in [3.63, 3.8) is 0 Å². The molecule has 3 rings (SSSR count). The van der Waals surface area contributed by atoms with E-state index in [4.69, 9.17) is 0 Å². The highest BCUT2D eigenvalue weighted by Gasteiger charge is 2.50. The zero-order valence-electron chi connectivity index (χ0n) is 7.81. The van der Waals surface area contributed by atoms with Crippen molar-refractivity contribution < 1.29 is 0 Å². The van der Waals surface area contributed by atoms with E-state index in [9.17, 15) is 0 Å². The van der Waals surface area contributed by atoms with Gasteiger partial charge in [0.05, 0.1) is 0 Å². The second kappa shape index (κ2) is 2.47. The summed E-state index contributed by atoms with van der Waals surface area (Å²) < 4.78 is 0. The molecule has 12 heavy (non-hydrogen) atoms. The molecule has 3 aliphatic carbocycles. The second-order valence-electron chi connectivity index (χ2n) is 5.10. The third-order valence-electron chi connectivity index (χ3n) is 4.06. The Morgan fingerprint density at radius 1 is 0.917 bits per heavy atom. The predicted octanol–water partition coefficient (Wildman–Crippen LogP) is 2.46. The van der Waals surface area contributed by atoms with Gasteiger partial charge in [-0.25, -0.2) is 0 Å². The van der Waals surface area contributed by atoms with Crippen LogP contribution in [0.25, 0.3) is 0 Å². The van der Waals surface area contributed by atoms with Crippen LogP contribution in [-0.4, -0.2) is 12.1 Å². The lowest BCUT2D eigenvalue weighted by atomic mass is 9.81. The van der Waals surface area contributed by atoms with Crippen LogP contribution in [0.1, 0.15) is 51.4 Å². The molecule has 0 aliphatic heterocycles. The van der Waals surface area contributed by atoms with Crippen LogP contribution in [0, 0.1) is 5.41 Å². The second-order valence-corrected chi connectivity index (χ2v) is 5.10. The van der Waals surface area contributed by atoms with Crippen LogP contribution in [0.15, 0.2) is 0 Å². The van der Waals surface area contributed by atoms with Crippen molar-refractivity contribution in [1.29, 1.82) is 0 Å². The topological polar surface area (TPSA) is 12.0 Å². The standard InChI is InChI=1S/C11H19N/c1-2-6-11(7-8-11)10(3-1)12-9-4-5-9/h9-10,12H,1-8H2. The zero-order chi connectivity index (χ0) is 8.02. The average Bonchev–Trinajstić information content (AvgIpc) is 2.90. The molecule has 0 amide bonds. The van der Waals surface area contributed by atoms with Crippen molar-refractivity contribution in [2.24, 2.45) is 5.41 Å². The molecule has 0 aromatic heterocycles. The molecule has 0 heterocycles. The molecular weight excluding hydrogens is 146 g/mol. The fourth-order valence-corrected chi connectivity index (χ4v) is 2.86. The Morgan fingerprint density at radius 2 is 1.75 bits per heavy atom. The molecule has 1 N–H and O–H groups in total. The quantitative estimate of drug-likeness (QED) is 0.662. The van der Waals surface area contributed by atoms with Crippen LogP contribution in [0.3, 0.4) is 0 Å². The Morgan fingerprint density at radius 3 is 2.42 bits per heavy atom. The van der Waals surface area contributed by atoms with Crippen molar-refractivity contribution in [2.75, 3.05) is 0 Å². The molecule has 68 valence electrons. The lowest BCUT2D eigenvalue weighted by molar-refractivity contribution is 0.239. The maximum Gasteiger partial charge on any atom is 0.0126 e. The third kappa shape index (κ3) is 1.19. The fourth-order valence-electron chi connectivity index (χ4n) is 2.86. The van der Waals surface area contributed by atoms with Crippen LogP contribution in [-0.2, 0) is 0 Å². The van der Waals surface area contributed by atoms with E-state index in [0.717, 1.165) is 17.5 Å². The van der Waals surface area contributed by atoms with Gasteiger partial charge in [0.2, 0.25) is 0 Å². The molecule has 1 unspecified atom stereocenters. The van der Waals surface area contributed by atoms with Gasteiger partial charge >= 0.3 is 0 Å². The van der Waals surface area contributed by atoms with Crippen molar-refractivity contribution in [1.82, 2.24) is 5.32 Å². The SMILES string of the molecule is C1CCC2(CC2)C(NC2CC2)C1. The number of hydrogen-bond acceptors (Lipinski definition) is 1. The lowest BCUT2D eigenvalue weighted by Gasteiger charge is -2.32. The van der Waals surface area contributed by atoms with Gasteiger partial charge in [0, 0.05) is 12.1 Å². The summed E-state index contributed by atoms with van der Waals surface area (Å²) >= 11 is 0. The van der Waals surface area contributed by atoms with E-state index in [1.807, 2.05) is 0 Å². The first-order valence-electron chi connectivity index (χ1n) is 5.65. The lowest BCUT2D eigenvalue weighted by Crippen LogP contribution is -2.41. The minimum atomic E-state index is 0.806. The molecule has 3 saturated carbocycles. The van der Waals surface area contributed by atoms with Gasteiger partial charge in [0.25, 0.3) is 0 Å². The van der Waals surface area contributed by atoms with E-state index in [2.05, 4.69) is 5.32 Å². The first-order valence-corrected chi connectivity index (χ1v) is 5.65. The molecule has 0 bridgehead atoms. The van der Waals surface area contributed by atoms with Gasteiger partial charge < -0.3 is 5.32 Å². The highest BCUT2D eigenvalue weighted by Crippen LogP contribution is 2.56. The van der Waals surface area contributed by atoms with Crippen LogP contribution in [0.5, 0.6) is 0 Å². The van der Waals surface area contributed by atoms with Crippen LogP contribution in [0.4, 0.5) is 0 Å². The van der Waals surface area contributed by atoms with Gasteiger partial charge in [-0.05, 0) is 43.9 Å². The van der Waals surface area contributed by atoms with Gasteiger partial charge in [0.15, 0.2) is 0 Å². The van der Waals surface area contributed by atoms with E-state index in [1.54, 1.807) is 0 Å². The molecule has 1 heteroatoms. The number of nitrogens with one attached hydrogen (secondary N) is 1. The Balaban J connectivity index is 1.64. The summed E-state index contributed by atoms with van der Waals surface area (Å²) in [6.45, 7) is 0. The summed E-state index contributed by atoms with van der Waals surface area (Å²) in [7, 11) is 0. The number of rotatable bonds is 2. The van der Waals surface area contributed by atoms with Crippen molar-refractivity contribution in [2.45, 2.75) is 63.5 Å². The van der Waals surface area contributed by atoms with E-state index in [-0.39, 0.29) is 0 Å². The average molecular weight is 165 g/mol. The molecule has 1 spiro atoms. The van der Waals surface area contributed by atoms with Crippen molar-refractivity contribution in [3.05, 3.63) is 0 Å². The highest BCUT2D eigenvalue weighted by molar-refractivity contribution is 5.05. The molecular formula is C11H19N. The highest BCUT2D eigenvalue weighted by atomic mass is 15.0. The monoisotopic (exact) mass is 165 g/mol.